The molecular formula is C26H29BrN2O5. The number of ether oxygens (including phenoxy) is 1. The van der Waals surface area contributed by atoms with Gasteiger partial charge in [-0.3, -0.25) is 9.59 Å². The van der Waals surface area contributed by atoms with E-state index in [2.05, 4.69) is 34.7 Å². The monoisotopic (exact) mass is 528 g/mol. The van der Waals surface area contributed by atoms with Crippen LogP contribution in [0.1, 0.15) is 52.7 Å². The van der Waals surface area contributed by atoms with Crippen molar-refractivity contribution < 1.29 is 19.1 Å². The highest BCUT2D eigenvalue weighted by molar-refractivity contribution is 9.10. The fourth-order valence-corrected chi connectivity index (χ4v) is 5.01. The first-order chi connectivity index (χ1) is 16.2. The minimum atomic E-state index is -0.661. The Morgan fingerprint density at radius 2 is 1.79 bits per heavy atom. The number of carbonyl (C=O) groups is 1. The number of phenols is 1. The van der Waals surface area contributed by atoms with E-state index in [4.69, 9.17) is 9.15 Å². The van der Waals surface area contributed by atoms with E-state index < -0.39 is 6.04 Å². The van der Waals surface area contributed by atoms with Crippen LogP contribution in [0.3, 0.4) is 0 Å². The van der Waals surface area contributed by atoms with Gasteiger partial charge in [-0.1, -0.05) is 13.8 Å². The predicted octanol–water partition coefficient (Wildman–Crippen LogP) is 4.77. The van der Waals surface area contributed by atoms with Crippen molar-refractivity contribution in [3.05, 3.63) is 67.0 Å². The van der Waals surface area contributed by atoms with Crippen LogP contribution in [0.2, 0.25) is 0 Å². The number of halogens is 1. The van der Waals surface area contributed by atoms with Crippen LogP contribution in [-0.4, -0.2) is 54.1 Å². The fourth-order valence-electron chi connectivity index (χ4n) is 4.55. The zero-order valence-electron chi connectivity index (χ0n) is 20.1. The molecule has 1 aromatic heterocycles. The first-order valence-electron chi connectivity index (χ1n) is 11.4. The van der Waals surface area contributed by atoms with E-state index in [1.165, 1.54) is 7.11 Å². The zero-order chi connectivity index (χ0) is 24.7. The lowest BCUT2D eigenvalue weighted by Crippen LogP contribution is -2.37. The second-order valence-corrected chi connectivity index (χ2v) is 9.44. The van der Waals surface area contributed by atoms with E-state index in [0.29, 0.717) is 39.7 Å². The molecular weight excluding hydrogens is 500 g/mol. The number of fused-ring (bicyclic) bond motifs is 2. The van der Waals surface area contributed by atoms with Gasteiger partial charge >= 0.3 is 0 Å². The number of likely N-dealkylation sites (N-methyl/N-ethyl adjacent to an activating group) is 1. The van der Waals surface area contributed by atoms with Crippen LogP contribution < -0.4 is 10.2 Å². The van der Waals surface area contributed by atoms with Gasteiger partial charge in [0.2, 0.25) is 5.76 Å². The molecule has 1 aliphatic rings. The summed E-state index contributed by atoms with van der Waals surface area (Å²) in [5, 5.41) is 10.8. The molecule has 4 rings (SSSR count). The van der Waals surface area contributed by atoms with E-state index in [9.17, 15) is 14.7 Å². The van der Waals surface area contributed by atoms with Gasteiger partial charge in [0.1, 0.15) is 5.58 Å². The van der Waals surface area contributed by atoms with Crippen molar-refractivity contribution in [1.29, 1.82) is 0 Å². The van der Waals surface area contributed by atoms with Crippen LogP contribution in [0.5, 0.6) is 11.5 Å². The van der Waals surface area contributed by atoms with Crippen LogP contribution >= 0.6 is 15.9 Å². The van der Waals surface area contributed by atoms with Crippen LogP contribution in [0, 0.1) is 13.8 Å². The molecule has 0 saturated carbocycles. The summed E-state index contributed by atoms with van der Waals surface area (Å²) >= 11 is 3.38. The van der Waals surface area contributed by atoms with Crippen LogP contribution in [0.25, 0.3) is 11.0 Å². The van der Waals surface area contributed by atoms with Crippen molar-refractivity contribution in [3.8, 4) is 11.5 Å². The fraction of sp³-hybridized carbons (Fsp3) is 0.385. The van der Waals surface area contributed by atoms with Crippen LogP contribution in [0.4, 0.5) is 0 Å². The molecule has 1 N–H and O–H groups in total. The van der Waals surface area contributed by atoms with Crippen molar-refractivity contribution in [1.82, 2.24) is 9.80 Å². The Kier molecular flexibility index (Phi) is 6.73. The predicted molar refractivity (Wildman–Crippen MR) is 135 cm³/mol. The highest BCUT2D eigenvalue weighted by Gasteiger charge is 2.43. The summed E-state index contributed by atoms with van der Waals surface area (Å²) in [4.78, 5) is 31.3. The average Bonchev–Trinajstić information content (AvgIpc) is 3.09. The largest absolute Gasteiger partial charge is 0.503 e. The lowest BCUT2D eigenvalue weighted by molar-refractivity contribution is 0.0708. The summed E-state index contributed by atoms with van der Waals surface area (Å²) in [6.45, 7) is 10.8. The molecule has 0 radical (unpaired) electrons. The minimum Gasteiger partial charge on any atom is -0.503 e. The molecule has 7 nitrogen and oxygen atoms in total. The summed E-state index contributed by atoms with van der Waals surface area (Å²) in [5.74, 6) is -0.0197. The third-order valence-electron chi connectivity index (χ3n) is 6.72. The summed E-state index contributed by atoms with van der Waals surface area (Å²) in [6, 6.07) is 6.37. The molecule has 0 unspecified atom stereocenters. The number of nitrogens with zero attached hydrogens (tertiary/aromatic N) is 2. The van der Waals surface area contributed by atoms with Crippen LogP contribution in [-0.2, 0) is 0 Å². The first-order valence-corrected chi connectivity index (χ1v) is 12.2. The van der Waals surface area contributed by atoms with Crippen molar-refractivity contribution in [2.24, 2.45) is 0 Å². The number of aryl methyl sites for hydroxylation is 2. The molecule has 1 amide bonds. The van der Waals surface area contributed by atoms with Crippen molar-refractivity contribution in [2.45, 2.75) is 33.7 Å². The molecule has 180 valence electrons. The summed E-state index contributed by atoms with van der Waals surface area (Å²) in [5.41, 5.74) is 3.14. The average molecular weight is 529 g/mol. The Morgan fingerprint density at radius 1 is 1.12 bits per heavy atom. The van der Waals surface area contributed by atoms with E-state index in [1.54, 1.807) is 17.0 Å². The molecule has 2 heterocycles. The van der Waals surface area contributed by atoms with E-state index >= 15 is 0 Å². The van der Waals surface area contributed by atoms with Gasteiger partial charge in [-0.25, -0.2) is 0 Å². The normalized spacial score (nSPS) is 15.4. The van der Waals surface area contributed by atoms with E-state index in [1.807, 2.05) is 26.0 Å². The Morgan fingerprint density at radius 3 is 2.44 bits per heavy atom. The molecule has 1 aliphatic heterocycles. The Labute approximate surface area is 207 Å². The lowest BCUT2D eigenvalue weighted by Gasteiger charge is -2.28. The molecule has 0 aliphatic carbocycles. The number of rotatable bonds is 7. The van der Waals surface area contributed by atoms with Gasteiger partial charge in [0.15, 0.2) is 16.9 Å². The quantitative estimate of drug-likeness (QED) is 0.475. The number of methoxy groups -OCH3 is 1. The topological polar surface area (TPSA) is 83.2 Å². The van der Waals surface area contributed by atoms with Gasteiger partial charge in [-0.15, -0.1) is 0 Å². The second kappa shape index (κ2) is 9.43. The SMILES string of the molecule is CCN(CC)CCN1C(=O)c2oc3cc(C)c(C)cc3c(=O)c2[C@@H]1c1cc(Br)c(O)c(OC)c1. The van der Waals surface area contributed by atoms with E-state index in [0.717, 1.165) is 24.2 Å². The smallest absolute Gasteiger partial charge is 0.290 e. The number of aromatic hydroxyl groups is 1. The molecule has 1 atom stereocenters. The number of phenolic OH excluding ortho intramolecular Hbond substituents is 1. The Hall–Kier alpha value is -2.84. The molecule has 0 saturated heterocycles. The maximum Gasteiger partial charge on any atom is 0.290 e. The third kappa shape index (κ3) is 3.99. The molecule has 2 aromatic carbocycles. The Balaban J connectivity index is 1.95. The van der Waals surface area contributed by atoms with Crippen LogP contribution in [0.15, 0.2) is 37.9 Å². The minimum absolute atomic E-state index is 0.0397. The van der Waals surface area contributed by atoms with Crippen molar-refractivity contribution >= 4 is 32.8 Å². The zero-order valence-corrected chi connectivity index (χ0v) is 21.7. The van der Waals surface area contributed by atoms with Crippen molar-refractivity contribution in [2.75, 3.05) is 33.3 Å². The second-order valence-electron chi connectivity index (χ2n) is 8.59. The number of hydrogen-bond acceptors (Lipinski definition) is 6. The third-order valence-corrected chi connectivity index (χ3v) is 7.32. The van der Waals surface area contributed by atoms with Gasteiger partial charge in [-0.05, 0) is 83.8 Å². The standard InChI is InChI=1S/C26H29BrN2O5/c1-6-28(7-2)8-9-29-22(16-12-18(27)24(31)20(13-16)33-5)21-23(30)17-10-14(3)15(4)11-19(17)34-25(21)26(29)32/h10-13,22,31H,6-9H2,1-5H3/t22-/m0/s1. The summed E-state index contributed by atoms with van der Waals surface area (Å²) < 4.78 is 11.9. The maximum atomic E-state index is 13.8. The molecule has 8 heteroatoms. The van der Waals surface area contributed by atoms with E-state index in [-0.39, 0.29) is 28.6 Å². The van der Waals surface area contributed by atoms with Gasteiger partial charge in [0.05, 0.1) is 28.6 Å². The number of carbonyl (C=O) groups excluding carboxylic acids is 1. The summed E-state index contributed by atoms with van der Waals surface area (Å²) in [7, 11) is 1.46. The molecule has 0 fully saturated rings. The number of hydrogen-bond donors (Lipinski definition) is 1. The number of amides is 1. The van der Waals surface area contributed by atoms with Gasteiger partial charge in [-0.2, -0.15) is 0 Å². The summed E-state index contributed by atoms with van der Waals surface area (Å²) in [6.07, 6.45) is 0. The number of benzene rings is 2. The van der Waals surface area contributed by atoms with Gasteiger partial charge < -0.3 is 24.1 Å². The Bertz CT molecular complexity index is 1330. The van der Waals surface area contributed by atoms with Gasteiger partial charge in [0, 0.05) is 13.1 Å². The lowest BCUT2D eigenvalue weighted by atomic mass is 9.97. The van der Waals surface area contributed by atoms with Gasteiger partial charge in [0.25, 0.3) is 5.91 Å². The maximum absolute atomic E-state index is 13.8. The molecule has 3 aromatic rings. The molecule has 0 bridgehead atoms. The molecule has 0 spiro atoms. The molecule has 34 heavy (non-hydrogen) atoms. The first kappa shape index (κ1) is 24.3. The highest BCUT2D eigenvalue weighted by atomic mass is 79.9. The van der Waals surface area contributed by atoms with Crippen molar-refractivity contribution in [3.63, 3.8) is 0 Å². The highest BCUT2D eigenvalue weighted by Crippen LogP contribution is 2.43.